The minimum absolute atomic E-state index is 0.0199. The van der Waals surface area contributed by atoms with Crippen LogP contribution in [0.4, 0.5) is 0 Å². The number of carbonyl (C=O) groups excluding carboxylic acids is 1. The summed E-state index contributed by atoms with van der Waals surface area (Å²) in [4.78, 5) is 13.5. The Morgan fingerprint density at radius 1 is 1.29 bits per heavy atom. The van der Waals surface area contributed by atoms with Crippen LogP contribution in [-0.2, 0) is 14.6 Å². The molecule has 0 aromatic heterocycles. The van der Waals surface area contributed by atoms with Gasteiger partial charge in [0.05, 0.1) is 11.5 Å². The Morgan fingerprint density at radius 2 is 1.88 bits per heavy atom. The fourth-order valence-corrected chi connectivity index (χ4v) is 3.57. The number of hydrogen-bond donors (Lipinski definition) is 1. The van der Waals surface area contributed by atoms with E-state index in [2.05, 4.69) is 5.32 Å². The van der Waals surface area contributed by atoms with Gasteiger partial charge in [0.25, 0.3) is 0 Å². The Morgan fingerprint density at radius 3 is 2.41 bits per heavy atom. The van der Waals surface area contributed by atoms with Crippen molar-refractivity contribution in [3.63, 3.8) is 0 Å². The third kappa shape index (κ3) is 5.50. The second-order valence-electron chi connectivity index (χ2n) is 4.89. The van der Waals surface area contributed by atoms with Crippen LogP contribution in [0.1, 0.15) is 20.3 Å². The van der Waals surface area contributed by atoms with Crippen molar-refractivity contribution in [2.24, 2.45) is 5.92 Å². The van der Waals surface area contributed by atoms with Crippen LogP contribution in [0, 0.1) is 5.92 Å². The lowest BCUT2D eigenvalue weighted by molar-refractivity contribution is -0.131. The van der Waals surface area contributed by atoms with Crippen LogP contribution in [0.25, 0.3) is 0 Å². The van der Waals surface area contributed by atoms with Crippen LogP contribution >= 0.6 is 0 Å². The number of piperazine rings is 1. The van der Waals surface area contributed by atoms with Gasteiger partial charge in [-0.2, -0.15) is 0 Å². The van der Waals surface area contributed by atoms with E-state index in [1.807, 2.05) is 13.8 Å². The third-order valence-electron chi connectivity index (χ3n) is 2.68. The smallest absolute Gasteiger partial charge is 0.223 e. The van der Waals surface area contributed by atoms with Gasteiger partial charge in [-0.1, -0.05) is 13.8 Å². The molecule has 1 N–H and O–H groups in total. The monoisotopic (exact) mass is 262 g/mol. The molecular weight excluding hydrogens is 240 g/mol. The maximum absolute atomic E-state index is 11.8. The highest BCUT2D eigenvalue weighted by molar-refractivity contribution is 7.91. The SMILES string of the molecule is CC(C)CS(=O)(=O)CCC(=O)N1CCNCC1. The van der Waals surface area contributed by atoms with Gasteiger partial charge in [-0.3, -0.25) is 4.79 Å². The summed E-state index contributed by atoms with van der Waals surface area (Å²) >= 11 is 0. The molecule has 0 bridgehead atoms. The predicted octanol–water partition coefficient (Wildman–Crippen LogP) is -0.121. The number of hydrogen-bond acceptors (Lipinski definition) is 4. The lowest BCUT2D eigenvalue weighted by Crippen LogP contribution is -2.46. The predicted molar refractivity (Wildman–Crippen MR) is 67.6 cm³/mol. The summed E-state index contributed by atoms with van der Waals surface area (Å²) in [5.74, 6) is 0.226. The fourth-order valence-electron chi connectivity index (χ4n) is 1.91. The average Bonchev–Trinajstić information content (AvgIpc) is 2.25. The third-order valence-corrected chi connectivity index (χ3v) is 4.68. The number of sulfone groups is 1. The molecule has 0 aliphatic carbocycles. The summed E-state index contributed by atoms with van der Waals surface area (Å²) in [5.41, 5.74) is 0. The number of rotatable bonds is 5. The average molecular weight is 262 g/mol. The quantitative estimate of drug-likeness (QED) is 0.750. The molecule has 0 aromatic rings. The molecule has 17 heavy (non-hydrogen) atoms. The maximum Gasteiger partial charge on any atom is 0.223 e. The summed E-state index contributed by atoms with van der Waals surface area (Å²) in [6.07, 6.45) is 0.120. The van der Waals surface area contributed by atoms with Gasteiger partial charge < -0.3 is 10.2 Å². The van der Waals surface area contributed by atoms with Crippen molar-refractivity contribution in [2.75, 3.05) is 37.7 Å². The van der Waals surface area contributed by atoms with E-state index in [9.17, 15) is 13.2 Å². The normalized spacial score (nSPS) is 17.5. The van der Waals surface area contributed by atoms with Crippen molar-refractivity contribution < 1.29 is 13.2 Å². The molecule has 0 unspecified atom stereocenters. The molecule has 0 saturated carbocycles. The highest BCUT2D eigenvalue weighted by atomic mass is 32.2. The molecule has 1 rings (SSSR count). The first kappa shape index (κ1) is 14.4. The molecule has 6 heteroatoms. The molecule has 0 spiro atoms. The molecule has 1 aliphatic heterocycles. The zero-order valence-corrected chi connectivity index (χ0v) is 11.4. The van der Waals surface area contributed by atoms with Crippen LogP contribution in [0.5, 0.6) is 0 Å². The van der Waals surface area contributed by atoms with Gasteiger partial charge in [0.2, 0.25) is 5.91 Å². The molecule has 5 nitrogen and oxygen atoms in total. The summed E-state index contributed by atoms with van der Waals surface area (Å²) in [5, 5.41) is 3.16. The van der Waals surface area contributed by atoms with Crippen LogP contribution in [-0.4, -0.2) is 56.9 Å². The summed E-state index contributed by atoms with van der Waals surface area (Å²) in [7, 11) is -3.08. The van der Waals surface area contributed by atoms with Gasteiger partial charge >= 0.3 is 0 Å². The van der Waals surface area contributed by atoms with Gasteiger partial charge in [0.1, 0.15) is 0 Å². The van der Waals surface area contributed by atoms with E-state index in [0.717, 1.165) is 13.1 Å². The molecule has 1 heterocycles. The van der Waals surface area contributed by atoms with Gasteiger partial charge in [0.15, 0.2) is 9.84 Å². The zero-order valence-electron chi connectivity index (χ0n) is 10.6. The molecule has 100 valence electrons. The zero-order chi connectivity index (χ0) is 12.9. The minimum Gasteiger partial charge on any atom is -0.340 e. The van der Waals surface area contributed by atoms with E-state index in [1.165, 1.54) is 0 Å². The molecular formula is C11H22N2O3S. The number of nitrogens with one attached hydrogen (secondary N) is 1. The fraction of sp³-hybridized carbons (Fsp3) is 0.909. The van der Waals surface area contributed by atoms with Gasteiger partial charge in [-0.15, -0.1) is 0 Å². The Hall–Kier alpha value is -0.620. The number of nitrogens with zero attached hydrogens (tertiary/aromatic N) is 1. The molecule has 0 atom stereocenters. The molecule has 1 aliphatic rings. The van der Waals surface area contributed by atoms with Crippen molar-refractivity contribution in [3.05, 3.63) is 0 Å². The first-order valence-electron chi connectivity index (χ1n) is 6.09. The summed E-state index contributed by atoms with van der Waals surface area (Å²) in [6, 6.07) is 0. The molecule has 1 saturated heterocycles. The van der Waals surface area contributed by atoms with E-state index in [-0.39, 0.29) is 29.8 Å². The lowest BCUT2D eigenvalue weighted by Gasteiger charge is -2.27. The Kier molecular flexibility index (Phi) is 5.39. The Bertz CT molecular complexity index is 346. The van der Waals surface area contributed by atoms with Crippen LogP contribution in [0.15, 0.2) is 0 Å². The van der Waals surface area contributed by atoms with Crippen molar-refractivity contribution >= 4 is 15.7 Å². The van der Waals surface area contributed by atoms with Crippen LogP contribution in [0.2, 0.25) is 0 Å². The van der Waals surface area contributed by atoms with E-state index >= 15 is 0 Å². The largest absolute Gasteiger partial charge is 0.340 e. The first-order valence-corrected chi connectivity index (χ1v) is 7.92. The van der Waals surface area contributed by atoms with Gasteiger partial charge in [0, 0.05) is 32.6 Å². The standard InChI is InChI=1S/C11H22N2O3S/c1-10(2)9-17(15,16)8-3-11(14)13-6-4-12-5-7-13/h10,12H,3-9H2,1-2H3. The van der Waals surface area contributed by atoms with Gasteiger partial charge in [-0.25, -0.2) is 8.42 Å². The first-order chi connectivity index (χ1) is 7.91. The van der Waals surface area contributed by atoms with E-state index < -0.39 is 9.84 Å². The molecule has 1 fully saturated rings. The van der Waals surface area contributed by atoms with E-state index in [1.54, 1.807) is 4.90 Å². The Balaban J connectivity index is 2.36. The number of amides is 1. The van der Waals surface area contributed by atoms with E-state index in [0.29, 0.717) is 13.1 Å². The minimum atomic E-state index is -3.08. The van der Waals surface area contributed by atoms with Crippen molar-refractivity contribution in [1.82, 2.24) is 10.2 Å². The van der Waals surface area contributed by atoms with E-state index in [4.69, 9.17) is 0 Å². The van der Waals surface area contributed by atoms with Gasteiger partial charge in [-0.05, 0) is 5.92 Å². The summed E-state index contributed by atoms with van der Waals surface area (Å²) < 4.78 is 23.3. The molecule has 1 amide bonds. The topological polar surface area (TPSA) is 66.5 Å². The Labute approximate surface area is 103 Å². The highest BCUT2D eigenvalue weighted by Crippen LogP contribution is 2.04. The number of carbonyl (C=O) groups is 1. The molecule has 0 radical (unpaired) electrons. The second-order valence-corrected chi connectivity index (χ2v) is 7.12. The van der Waals surface area contributed by atoms with Crippen LogP contribution < -0.4 is 5.32 Å². The van der Waals surface area contributed by atoms with Crippen molar-refractivity contribution in [2.45, 2.75) is 20.3 Å². The van der Waals surface area contributed by atoms with Crippen molar-refractivity contribution in [3.8, 4) is 0 Å². The van der Waals surface area contributed by atoms with Crippen molar-refractivity contribution in [1.29, 1.82) is 0 Å². The maximum atomic E-state index is 11.8. The highest BCUT2D eigenvalue weighted by Gasteiger charge is 2.20. The lowest BCUT2D eigenvalue weighted by atomic mass is 10.3. The second kappa shape index (κ2) is 6.35. The molecule has 0 aromatic carbocycles. The van der Waals surface area contributed by atoms with Crippen LogP contribution in [0.3, 0.4) is 0 Å². The summed E-state index contributed by atoms with van der Waals surface area (Å²) in [6.45, 7) is 6.70.